The number of fused-ring (bicyclic) bond motifs is 1. The number of aromatic nitrogens is 1. The molecular weight excluding hydrogens is 310 g/mol. The standard InChI is InChI=1S/C21H21N3O/c22-12-15-2-1-3-17(10-15)20-14-24(18-6-8-25-9-7-18)21-11-16(13-23)4-5-19(20)21/h1-5,10-11,14,18H,6-9,13,23H2. The van der Waals surface area contributed by atoms with E-state index in [4.69, 9.17) is 10.5 Å². The summed E-state index contributed by atoms with van der Waals surface area (Å²) in [6.45, 7) is 2.15. The minimum absolute atomic E-state index is 0.442. The molecule has 3 aromatic rings. The Morgan fingerprint density at radius 1 is 1.16 bits per heavy atom. The zero-order chi connectivity index (χ0) is 17.2. The summed E-state index contributed by atoms with van der Waals surface area (Å²) in [5, 5.41) is 10.4. The Kier molecular flexibility index (Phi) is 4.27. The summed E-state index contributed by atoms with van der Waals surface area (Å²) >= 11 is 0. The number of ether oxygens (including phenoxy) is 1. The van der Waals surface area contributed by atoms with Gasteiger partial charge in [-0.2, -0.15) is 5.26 Å². The molecule has 2 heterocycles. The molecule has 0 aliphatic carbocycles. The van der Waals surface area contributed by atoms with Gasteiger partial charge in [-0.15, -0.1) is 0 Å². The lowest BCUT2D eigenvalue weighted by Crippen LogP contribution is -2.18. The van der Waals surface area contributed by atoms with E-state index in [9.17, 15) is 5.26 Å². The Bertz CT molecular complexity index is 945. The van der Waals surface area contributed by atoms with Crippen LogP contribution in [0.2, 0.25) is 0 Å². The maximum atomic E-state index is 9.22. The fourth-order valence-corrected chi connectivity index (χ4v) is 3.68. The molecule has 1 fully saturated rings. The first-order chi connectivity index (χ1) is 12.3. The maximum absolute atomic E-state index is 9.22. The van der Waals surface area contributed by atoms with Crippen molar-refractivity contribution in [1.29, 1.82) is 5.26 Å². The van der Waals surface area contributed by atoms with E-state index >= 15 is 0 Å². The number of hydrogen-bond donors (Lipinski definition) is 1. The molecule has 2 aromatic carbocycles. The normalized spacial score (nSPS) is 15.4. The van der Waals surface area contributed by atoms with Crippen molar-refractivity contribution in [3.05, 3.63) is 59.8 Å². The lowest BCUT2D eigenvalue weighted by atomic mass is 10.0. The molecular formula is C21H21N3O. The van der Waals surface area contributed by atoms with E-state index in [0.29, 0.717) is 18.2 Å². The average molecular weight is 331 g/mol. The number of nitriles is 1. The highest BCUT2D eigenvalue weighted by molar-refractivity contribution is 5.96. The van der Waals surface area contributed by atoms with Crippen molar-refractivity contribution in [3.63, 3.8) is 0 Å². The molecule has 0 radical (unpaired) electrons. The van der Waals surface area contributed by atoms with E-state index in [2.05, 4.69) is 41.1 Å². The second-order valence-electron chi connectivity index (χ2n) is 6.54. The summed E-state index contributed by atoms with van der Waals surface area (Å²) in [5.41, 5.74) is 11.1. The molecule has 4 nitrogen and oxygen atoms in total. The number of nitrogens with two attached hydrogens (primary N) is 1. The first-order valence-electron chi connectivity index (χ1n) is 8.72. The summed E-state index contributed by atoms with van der Waals surface area (Å²) in [6, 6.07) is 16.9. The van der Waals surface area contributed by atoms with Gasteiger partial charge in [0.05, 0.1) is 11.6 Å². The van der Waals surface area contributed by atoms with Gasteiger partial charge >= 0.3 is 0 Å². The highest BCUT2D eigenvalue weighted by Gasteiger charge is 2.20. The summed E-state index contributed by atoms with van der Waals surface area (Å²) in [7, 11) is 0. The van der Waals surface area contributed by atoms with Crippen molar-refractivity contribution in [2.45, 2.75) is 25.4 Å². The van der Waals surface area contributed by atoms with Crippen LogP contribution < -0.4 is 5.73 Å². The predicted molar refractivity (Wildman–Crippen MR) is 99.1 cm³/mol. The molecule has 25 heavy (non-hydrogen) atoms. The van der Waals surface area contributed by atoms with Crippen LogP contribution in [0.25, 0.3) is 22.0 Å². The van der Waals surface area contributed by atoms with Gasteiger partial charge in [-0.3, -0.25) is 0 Å². The van der Waals surface area contributed by atoms with Crippen LogP contribution in [0.3, 0.4) is 0 Å². The average Bonchev–Trinajstić information content (AvgIpc) is 3.07. The van der Waals surface area contributed by atoms with Crippen molar-refractivity contribution in [1.82, 2.24) is 4.57 Å². The van der Waals surface area contributed by atoms with E-state index in [0.717, 1.165) is 37.2 Å². The highest BCUT2D eigenvalue weighted by Crippen LogP contribution is 2.35. The van der Waals surface area contributed by atoms with Crippen LogP contribution in [0.1, 0.15) is 30.0 Å². The van der Waals surface area contributed by atoms with Crippen LogP contribution in [-0.4, -0.2) is 17.8 Å². The summed E-state index contributed by atoms with van der Waals surface area (Å²) in [6.07, 6.45) is 4.28. The van der Waals surface area contributed by atoms with Gasteiger partial charge in [-0.25, -0.2) is 0 Å². The van der Waals surface area contributed by atoms with E-state index in [1.807, 2.05) is 18.2 Å². The fourth-order valence-electron chi connectivity index (χ4n) is 3.68. The Balaban J connectivity index is 1.91. The third-order valence-electron chi connectivity index (χ3n) is 5.02. The first-order valence-corrected chi connectivity index (χ1v) is 8.72. The molecule has 1 aliphatic heterocycles. The lowest BCUT2D eigenvalue weighted by Gasteiger charge is -2.24. The van der Waals surface area contributed by atoms with Crippen LogP contribution in [0.15, 0.2) is 48.7 Å². The van der Waals surface area contributed by atoms with Gasteiger partial charge < -0.3 is 15.0 Å². The number of hydrogen-bond acceptors (Lipinski definition) is 3. The Labute approximate surface area is 147 Å². The van der Waals surface area contributed by atoms with Crippen LogP contribution >= 0.6 is 0 Å². The molecule has 1 saturated heterocycles. The SMILES string of the molecule is N#Cc1cccc(-c2cn(C3CCOCC3)c3cc(CN)ccc23)c1. The molecule has 4 rings (SSSR count). The largest absolute Gasteiger partial charge is 0.381 e. The molecule has 0 bridgehead atoms. The molecule has 4 heteroatoms. The summed E-state index contributed by atoms with van der Waals surface area (Å²) in [5.74, 6) is 0. The van der Waals surface area contributed by atoms with Gasteiger partial charge in [0, 0.05) is 48.5 Å². The predicted octanol–water partition coefficient (Wildman–Crippen LogP) is 3.99. The lowest BCUT2D eigenvalue weighted by molar-refractivity contribution is 0.0707. The molecule has 1 aromatic heterocycles. The minimum Gasteiger partial charge on any atom is -0.381 e. The zero-order valence-electron chi connectivity index (χ0n) is 14.1. The number of nitrogens with zero attached hydrogens (tertiary/aromatic N) is 2. The van der Waals surface area contributed by atoms with Gasteiger partial charge in [0.25, 0.3) is 0 Å². The smallest absolute Gasteiger partial charge is 0.0991 e. The molecule has 1 aliphatic rings. The first kappa shape index (κ1) is 15.9. The van der Waals surface area contributed by atoms with Gasteiger partial charge in [0.15, 0.2) is 0 Å². The summed E-state index contributed by atoms with van der Waals surface area (Å²) < 4.78 is 7.91. The van der Waals surface area contributed by atoms with E-state index < -0.39 is 0 Å². The van der Waals surface area contributed by atoms with Gasteiger partial charge in [-0.1, -0.05) is 24.3 Å². The monoisotopic (exact) mass is 331 g/mol. The molecule has 0 atom stereocenters. The highest BCUT2D eigenvalue weighted by atomic mass is 16.5. The van der Waals surface area contributed by atoms with Gasteiger partial charge in [0.2, 0.25) is 0 Å². The molecule has 2 N–H and O–H groups in total. The molecule has 0 spiro atoms. The van der Waals surface area contributed by atoms with Crippen LogP contribution in [0, 0.1) is 11.3 Å². The molecule has 0 saturated carbocycles. The van der Waals surface area contributed by atoms with Gasteiger partial charge in [-0.05, 0) is 42.2 Å². The Hall–Kier alpha value is -2.61. The fraction of sp³-hybridized carbons (Fsp3) is 0.286. The third-order valence-corrected chi connectivity index (χ3v) is 5.02. The minimum atomic E-state index is 0.442. The summed E-state index contributed by atoms with van der Waals surface area (Å²) in [4.78, 5) is 0. The number of rotatable bonds is 3. The molecule has 0 amide bonds. The second-order valence-corrected chi connectivity index (χ2v) is 6.54. The zero-order valence-corrected chi connectivity index (χ0v) is 14.1. The van der Waals surface area contributed by atoms with Crippen molar-refractivity contribution in [2.75, 3.05) is 13.2 Å². The maximum Gasteiger partial charge on any atom is 0.0991 e. The third kappa shape index (κ3) is 2.93. The van der Waals surface area contributed by atoms with E-state index in [1.54, 1.807) is 0 Å². The Morgan fingerprint density at radius 3 is 2.76 bits per heavy atom. The van der Waals surface area contributed by atoms with Crippen molar-refractivity contribution < 1.29 is 4.74 Å². The second kappa shape index (κ2) is 6.72. The van der Waals surface area contributed by atoms with Crippen molar-refractivity contribution in [3.8, 4) is 17.2 Å². The number of benzene rings is 2. The Morgan fingerprint density at radius 2 is 2.00 bits per heavy atom. The topological polar surface area (TPSA) is 64.0 Å². The van der Waals surface area contributed by atoms with Crippen molar-refractivity contribution in [2.24, 2.45) is 5.73 Å². The van der Waals surface area contributed by atoms with Gasteiger partial charge in [0.1, 0.15) is 0 Å². The van der Waals surface area contributed by atoms with Crippen molar-refractivity contribution >= 4 is 10.9 Å². The molecule has 126 valence electrons. The van der Waals surface area contributed by atoms with E-state index in [1.165, 1.54) is 16.5 Å². The quantitative estimate of drug-likeness (QED) is 0.789. The van der Waals surface area contributed by atoms with Crippen LogP contribution in [0.4, 0.5) is 0 Å². The van der Waals surface area contributed by atoms with E-state index in [-0.39, 0.29) is 0 Å². The van der Waals surface area contributed by atoms with Crippen LogP contribution in [0.5, 0.6) is 0 Å². The molecule has 0 unspecified atom stereocenters. The van der Waals surface area contributed by atoms with Crippen LogP contribution in [-0.2, 0) is 11.3 Å².